The summed E-state index contributed by atoms with van der Waals surface area (Å²) in [6, 6.07) is 15.6. The quantitative estimate of drug-likeness (QED) is 0.533. The number of nitrogens with zero attached hydrogens (tertiary/aromatic N) is 2. The van der Waals surface area contributed by atoms with Crippen molar-refractivity contribution >= 4 is 5.91 Å². The van der Waals surface area contributed by atoms with Crippen molar-refractivity contribution in [3.63, 3.8) is 0 Å². The van der Waals surface area contributed by atoms with E-state index in [-0.39, 0.29) is 12.5 Å². The van der Waals surface area contributed by atoms with Crippen LogP contribution in [0.2, 0.25) is 0 Å². The third kappa shape index (κ3) is 5.06. The van der Waals surface area contributed by atoms with Gasteiger partial charge in [0.15, 0.2) is 5.75 Å². The Morgan fingerprint density at radius 3 is 2.47 bits per heavy atom. The second-order valence-corrected chi connectivity index (χ2v) is 7.62. The molecule has 0 bridgehead atoms. The molecule has 7 nitrogen and oxygen atoms in total. The SMILES string of the molecule is Cn1cc(Oc2ccc(C(=O)NC[C@H](O)CNC3Cc4ccccc4C3)cc2)cn1. The van der Waals surface area contributed by atoms with E-state index in [0.717, 1.165) is 12.8 Å². The number of rotatable bonds is 8. The molecule has 30 heavy (non-hydrogen) atoms. The molecule has 1 aliphatic rings. The largest absolute Gasteiger partial charge is 0.454 e. The van der Waals surface area contributed by atoms with Crippen molar-refractivity contribution in [2.24, 2.45) is 7.05 Å². The lowest BCUT2D eigenvalue weighted by Crippen LogP contribution is -2.41. The van der Waals surface area contributed by atoms with Gasteiger partial charge in [-0.2, -0.15) is 5.10 Å². The van der Waals surface area contributed by atoms with Crippen molar-refractivity contribution in [1.29, 1.82) is 0 Å². The van der Waals surface area contributed by atoms with Crippen LogP contribution in [0.25, 0.3) is 0 Å². The van der Waals surface area contributed by atoms with Gasteiger partial charge in [-0.25, -0.2) is 0 Å². The number of ether oxygens (including phenoxy) is 1. The first-order valence-corrected chi connectivity index (χ1v) is 10.1. The molecule has 1 atom stereocenters. The van der Waals surface area contributed by atoms with Crippen LogP contribution >= 0.6 is 0 Å². The molecular weight excluding hydrogens is 380 g/mol. The van der Waals surface area contributed by atoms with Gasteiger partial charge in [-0.05, 0) is 48.2 Å². The monoisotopic (exact) mass is 406 g/mol. The van der Waals surface area contributed by atoms with Crippen molar-refractivity contribution in [3.8, 4) is 11.5 Å². The summed E-state index contributed by atoms with van der Waals surface area (Å²) in [5, 5.41) is 20.5. The van der Waals surface area contributed by atoms with E-state index in [9.17, 15) is 9.90 Å². The summed E-state index contributed by atoms with van der Waals surface area (Å²) < 4.78 is 7.33. The fourth-order valence-electron chi connectivity index (χ4n) is 3.65. The fourth-order valence-corrected chi connectivity index (χ4v) is 3.65. The number of carbonyl (C=O) groups excluding carboxylic acids is 1. The van der Waals surface area contributed by atoms with Gasteiger partial charge >= 0.3 is 0 Å². The van der Waals surface area contributed by atoms with Crippen LogP contribution in [0.15, 0.2) is 60.9 Å². The molecule has 0 fully saturated rings. The van der Waals surface area contributed by atoms with Crippen molar-refractivity contribution in [2.75, 3.05) is 13.1 Å². The molecular formula is C23H26N4O3. The predicted octanol–water partition coefficient (Wildman–Crippen LogP) is 2.06. The van der Waals surface area contributed by atoms with Crippen molar-refractivity contribution in [2.45, 2.75) is 25.0 Å². The third-order valence-electron chi connectivity index (χ3n) is 5.22. The molecule has 7 heteroatoms. The second-order valence-electron chi connectivity index (χ2n) is 7.62. The minimum atomic E-state index is -0.647. The van der Waals surface area contributed by atoms with E-state index < -0.39 is 6.10 Å². The number of carbonyl (C=O) groups is 1. The minimum Gasteiger partial charge on any atom is -0.454 e. The van der Waals surface area contributed by atoms with E-state index in [4.69, 9.17) is 4.74 Å². The number of nitrogens with one attached hydrogen (secondary N) is 2. The van der Waals surface area contributed by atoms with Crippen LogP contribution in [0, 0.1) is 0 Å². The van der Waals surface area contributed by atoms with Crippen molar-refractivity contribution in [3.05, 3.63) is 77.6 Å². The smallest absolute Gasteiger partial charge is 0.251 e. The highest BCUT2D eigenvalue weighted by atomic mass is 16.5. The molecule has 3 aromatic rings. The Hall–Kier alpha value is -3.16. The average Bonchev–Trinajstić information content (AvgIpc) is 3.36. The molecule has 1 amide bonds. The Labute approximate surface area is 175 Å². The highest BCUT2D eigenvalue weighted by molar-refractivity contribution is 5.94. The van der Waals surface area contributed by atoms with Gasteiger partial charge in [-0.15, -0.1) is 0 Å². The second kappa shape index (κ2) is 9.11. The number of fused-ring (bicyclic) bond motifs is 1. The topological polar surface area (TPSA) is 88.4 Å². The molecule has 0 aliphatic heterocycles. The van der Waals surface area contributed by atoms with Crippen LogP contribution in [0.5, 0.6) is 11.5 Å². The Balaban J connectivity index is 1.19. The number of aryl methyl sites for hydroxylation is 1. The Morgan fingerprint density at radius 1 is 1.13 bits per heavy atom. The first-order valence-electron chi connectivity index (χ1n) is 10.1. The first-order chi connectivity index (χ1) is 14.6. The number of hydrogen-bond acceptors (Lipinski definition) is 5. The zero-order valence-corrected chi connectivity index (χ0v) is 16.9. The molecule has 0 unspecified atom stereocenters. The van der Waals surface area contributed by atoms with E-state index in [1.807, 2.05) is 7.05 Å². The molecule has 0 saturated carbocycles. The van der Waals surface area contributed by atoms with Gasteiger partial charge in [-0.3, -0.25) is 9.48 Å². The molecule has 3 N–H and O–H groups in total. The van der Waals surface area contributed by atoms with Gasteiger partial charge in [0, 0.05) is 31.7 Å². The lowest BCUT2D eigenvalue weighted by molar-refractivity contribution is 0.0914. The maximum atomic E-state index is 12.3. The molecule has 0 saturated heterocycles. The van der Waals surface area contributed by atoms with Gasteiger partial charge in [0.25, 0.3) is 5.91 Å². The number of hydrogen-bond donors (Lipinski definition) is 3. The highest BCUT2D eigenvalue weighted by Crippen LogP contribution is 2.22. The standard InChI is InChI=1S/C23H26N4O3/c1-27-15-22(14-26-27)30-21-8-6-16(7-9-21)23(29)25-13-20(28)12-24-19-10-17-4-2-3-5-18(17)11-19/h2-9,14-15,19-20,24,28H,10-13H2,1H3,(H,25,29)/t20-/m1/s1. The van der Waals surface area contributed by atoms with Crippen LogP contribution in [-0.4, -0.2) is 46.0 Å². The zero-order chi connectivity index (χ0) is 20.9. The molecule has 1 aliphatic carbocycles. The van der Waals surface area contributed by atoms with E-state index in [1.54, 1.807) is 41.3 Å². The molecule has 1 heterocycles. The van der Waals surface area contributed by atoms with Crippen LogP contribution in [0.1, 0.15) is 21.5 Å². The zero-order valence-electron chi connectivity index (χ0n) is 16.9. The predicted molar refractivity (Wildman–Crippen MR) is 114 cm³/mol. The highest BCUT2D eigenvalue weighted by Gasteiger charge is 2.21. The van der Waals surface area contributed by atoms with E-state index in [1.165, 1.54) is 11.1 Å². The first kappa shape index (κ1) is 20.1. The number of benzene rings is 2. The third-order valence-corrected chi connectivity index (χ3v) is 5.22. The summed E-state index contributed by atoms with van der Waals surface area (Å²) in [7, 11) is 1.82. The molecule has 4 rings (SSSR count). The summed E-state index contributed by atoms with van der Waals surface area (Å²) in [4.78, 5) is 12.3. The lowest BCUT2D eigenvalue weighted by atomic mass is 10.1. The molecule has 156 valence electrons. The Morgan fingerprint density at radius 2 is 1.83 bits per heavy atom. The van der Waals surface area contributed by atoms with Gasteiger partial charge in [0.2, 0.25) is 0 Å². The summed E-state index contributed by atoms with van der Waals surface area (Å²) in [5.41, 5.74) is 3.25. The Bertz CT molecular complexity index is 975. The van der Waals surface area contributed by atoms with Crippen LogP contribution in [0.3, 0.4) is 0 Å². The maximum absolute atomic E-state index is 12.3. The number of aliphatic hydroxyl groups excluding tert-OH is 1. The average molecular weight is 406 g/mol. The summed E-state index contributed by atoms with van der Waals surface area (Å²) in [6.07, 6.45) is 4.69. The van der Waals surface area contributed by atoms with E-state index in [0.29, 0.717) is 29.6 Å². The molecule has 1 aromatic heterocycles. The summed E-state index contributed by atoms with van der Waals surface area (Å²) in [5.74, 6) is 1.03. The van der Waals surface area contributed by atoms with Crippen LogP contribution in [0.4, 0.5) is 0 Å². The summed E-state index contributed by atoms with van der Waals surface area (Å²) >= 11 is 0. The maximum Gasteiger partial charge on any atom is 0.251 e. The van der Waals surface area contributed by atoms with Gasteiger partial charge in [-0.1, -0.05) is 24.3 Å². The van der Waals surface area contributed by atoms with Gasteiger partial charge in [0.05, 0.1) is 18.5 Å². The summed E-state index contributed by atoms with van der Waals surface area (Å²) in [6.45, 7) is 0.635. The number of aromatic nitrogens is 2. The minimum absolute atomic E-state index is 0.194. The van der Waals surface area contributed by atoms with Gasteiger partial charge in [0.1, 0.15) is 5.75 Å². The fraction of sp³-hybridized carbons (Fsp3) is 0.304. The molecule has 0 radical (unpaired) electrons. The van der Waals surface area contributed by atoms with Crippen LogP contribution in [-0.2, 0) is 19.9 Å². The van der Waals surface area contributed by atoms with Crippen molar-refractivity contribution < 1.29 is 14.6 Å². The Kier molecular flexibility index (Phi) is 6.11. The van der Waals surface area contributed by atoms with Crippen LogP contribution < -0.4 is 15.4 Å². The normalized spacial score (nSPS) is 14.3. The molecule has 0 spiro atoms. The lowest BCUT2D eigenvalue weighted by Gasteiger charge is -2.17. The number of aliphatic hydroxyl groups is 1. The number of amides is 1. The van der Waals surface area contributed by atoms with E-state index in [2.05, 4.69) is 40.0 Å². The molecule has 2 aromatic carbocycles. The van der Waals surface area contributed by atoms with Gasteiger partial charge < -0.3 is 20.5 Å². The van der Waals surface area contributed by atoms with E-state index >= 15 is 0 Å². The van der Waals surface area contributed by atoms with Crippen molar-refractivity contribution in [1.82, 2.24) is 20.4 Å².